The molecule has 0 unspecified atom stereocenters. The van der Waals surface area contributed by atoms with Crippen molar-refractivity contribution in [2.24, 2.45) is 0 Å². The number of nitrogens with zero attached hydrogens (tertiary/aromatic N) is 3. The summed E-state index contributed by atoms with van der Waals surface area (Å²) in [6.07, 6.45) is 3.47. The molecule has 0 spiro atoms. The fourth-order valence-electron chi connectivity index (χ4n) is 2.23. The monoisotopic (exact) mass is 260 g/mol. The van der Waals surface area contributed by atoms with Gasteiger partial charge in [-0.05, 0) is 18.9 Å². The molecule has 0 aliphatic carbocycles. The summed E-state index contributed by atoms with van der Waals surface area (Å²) >= 11 is 0. The molecule has 0 aliphatic rings. The lowest BCUT2D eigenvalue weighted by Gasteiger charge is -2.08. The normalized spacial score (nSPS) is 10.8. The number of aryl methyl sites for hydroxylation is 3. The van der Waals surface area contributed by atoms with Gasteiger partial charge in [0.05, 0.1) is 23.6 Å². The van der Waals surface area contributed by atoms with Crippen LogP contribution in [0.2, 0.25) is 0 Å². The molecule has 5 heteroatoms. The predicted molar refractivity (Wildman–Crippen MR) is 76.1 cm³/mol. The van der Waals surface area contributed by atoms with Crippen LogP contribution in [0.5, 0.6) is 0 Å². The molecular formula is C14H20N4O. The van der Waals surface area contributed by atoms with Gasteiger partial charge in [-0.15, -0.1) is 0 Å². The van der Waals surface area contributed by atoms with Crippen LogP contribution in [0.15, 0.2) is 29.2 Å². The van der Waals surface area contributed by atoms with Crippen molar-refractivity contribution < 1.29 is 0 Å². The average Bonchev–Trinajstić information content (AvgIpc) is 2.73. The molecule has 0 aliphatic heterocycles. The Balaban J connectivity index is 2.20. The van der Waals surface area contributed by atoms with E-state index in [1.165, 1.54) is 0 Å². The van der Waals surface area contributed by atoms with Gasteiger partial charge in [-0.25, -0.2) is 0 Å². The molecule has 19 heavy (non-hydrogen) atoms. The molecule has 0 saturated heterocycles. The fourth-order valence-corrected chi connectivity index (χ4v) is 2.23. The van der Waals surface area contributed by atoms with E-state index in [-0.39, 0.29) is 5.56 Å². The number of nitrogens with two attached hydrogens (primary N) is 1. The van der Waals surface area contributed by atoms with Crippen LogP contribution < -0.4 is 11.3 Å². The highest BCUT2D eigenvalue weighted by atomic mass is 16.1. The Hall–Kier alpha value is -2.04. The highest BCUT2D eigenvalue weighted by molar-refractivity contribution is 5.48. The number of hydrogen-bond donors (Lipinski definition) is 1. The molecule has 2 N–H and O–H groups in total. The summed E-state index contributed by atoms with van der Waals surface area (Å²) in [7, 11) is 0. The molecule has 2 rings (SSSR count). The average molecular weight is 260 g/mol. The van der Waals surface area contributed by atoms with E-state index >= 15 is 0 Å². The van der Waals surface area contributed by atoms with E-state index in [9.17, 15) is 4.79 Å². The molecule has 5 nitrogen and oxygen atoms in total. The van der Waals surface area contributed by atoms with Crippen LogP contribution in [-0.4, -0.2) is 14.3 Å². The van der Waals surface area contributed by atoms with Gasteiger partial charge in [0, 0.05) is 18.8 Å². The predicted octanol–water partition coefficient (Wildman–Crippen LogP) is 1.45. The van der Waals surface area contributed by atoms with E-state index in [2.05, 4.69) is 12.0 Å². The number of nitrogen functional groups attached to an aromatic ring is 1. The Kier molecular flexibility index (Phi) is 4.04. The topological polar surface area (TPSA) is 65.8 Å². The van der Waals surface area contributed by atoms with Crippen LogP contribution >= 0.6 is 0 Å². The largest absolute Gasteiger partial charge is 0.396 e. The van der Waals surface area contributed by atoms with E-state index in [0.717, 1.165) is 29.9 Å². The zero-order chi connectivity index (χ0) is 13.8. The number of aromatic nitrogens is 3. The maximum absolute atomic E-state index is 11.6. The molecular weight excluding hydrogens is 240 g/mol. The molecule has 102 valence electrons. The Morgan fingerprint density at radius 3 is 2.63 bits per heavy atom. The van der Waals surface area contributed by atoms with Gasteiger partial charge in [0.15, 0.2) is 0 Å². The summed E-state index contributed by atoms with van der Waals surface area (Å²) in [5.41, 5.74) is 8.88. The summed E-state index contributed by atoms with van der Waals surface area (Å²) in [4.78, 5) is 11.6. The summed E-state index contributed by atoms with van der Waals surface area (Å²) in [6, 6.07) is 5.17. The molecule has 0 bridgehead atoms. The van der Waals surface area contributed by atoms with Gasteiger partial charge in [0.1, 0.15) is 0 Å². The second kappa shape index (κ2) is 5.73. The van der Waals surface area contributed by atoms with Crippen molar-refractivity contribution in [3.63, 3.8) is 0 Å². The first-order chi connectivity index (χ1) is 9.17. The highest BCUT2D eigenvalue weighted by Crippen LogP contribution is 2.18. The van der Waals surface area contributed by atoms with Crippen molar-refractivity contribution in [3.8, 4) is 0 Å². The zero-order valence-corrected chi connectivity index (χ0v) is 11.5. The van der Waals surface area contributed by atoms with Gasteiger partial charge in [-0.1, -0.05) is 19.9 Å². The molecule has 2 aromatic heterocycles. The van der Waals surface area contributed by atoms with Gasteiger partial charge in [0.2, 0.25) is 0 Å². The SMILES string of the molecule is CCc1nn(CCn2ccccc2=O)c(CC)c1N. The minimum Gasteiger partial charge on any atom is -0.396 e. The summed E-state index contributed by atoms with van der Waals surface area (Å²) < 4.78 is 3.61. The van der Waals surface area contributed by atoms with E-state index in [0.29, 0.717) is 13.1 Å². The third-order valence-corrected chi connectivity index (χ3v) is 3.30. The first-order valence-corrected chi connectivity index (χ1v) is 6.66. The summed E-state index contributed by atoms with van der Waals surface area (Å²) in [5.74, 6) is 0. The Morgan fingerprint density at radius 2 is 2.00 bits per heavy atom. The van der Waals surface area contributed by atoms with E-state index < -0.39 is 0 Å². The number of hydrogen-bond acceptors (Lipinski definition) is 3. The number of pyridine rings is 1. The minimum atomic E-state index is 0.0105. The van der Waals surface area contributed by atoms with Crippen molar-refractivity contribution in [1.82, 2.24) is 14.3 Å². The quantitative estimate of drug-likeness (QED) is 0.885. The Labute approximate surface area is 112 Å². The van der Waals surface area contributed by atoms with Crippen molar-refractivity contribution in [1.29, 1.82) is 0 Å². The Morgan fingerprint density at radius 1 is 1.21 bits per heavy atom. The van der Waals surface area contributed by atoms with Crippen molar-refractivity contribution in [3.05, 3.63) is 46.1 Å². The van der Waals surface area contributed by atoms with Gasteiger partial charge in [0.25, 0.3) is 5.56 Å². The molecule has 2 aromatic rings. The first kappa shape index (κ1) is 13.4. The third kappa shape index (κ3) is 2.70. The molecule has 0 saturated carbocycles. The maximum Gasteiger partial charge on any atom is 0.250 e. The molecule has 0 aromatic carbocycles. The standard InChI is InChI=1S/C14H20N4O/c1-3-11-14(15)12(4-2)18(16-11)10-9-17-8-6-5-7-13(17)19/h5-8H,3-4,9-10,15H2,1-2H3. The van der Waals surface area contributed by atoms with Crippen molar-refractivity contribution in [2.75, 3.05) is 5.73 Å². The minimum absolute atomic E-state index is 0.0105. The van der Waals surface area contributed by atoms with Crippen LogP contribution in [0, 0.1) is 0 Å². The lowest BCUT2D eigenvalue weighted by atomic mass is 10.2. The smallest absolute Gasteiger partial charge is 0.250 e. The number of rotatable bonds is 5. The van der Waals surface area contributed by atoms with Gasteiger partial charge < -0.3 is 10.3 Å². The fraction of sp³-hybridized carbons (Fsp3) is 0.429. The van der Waals surface area contributed by atoms with Crippen LogP contribution in [-0.2, 0) is 25.9 Å². The second-order valence-corrected chi connectivity index (χ2v) is 4.47. The molecule has 2 heterocycles. The second-order valence-electron chi connectivity index (χ2n) is 4.47. The van der Waals surface area contributed by atoms with E-state index in [1.54, 1.807) is 22.9 Å². The van der Waals surface area contributed by atoms with Gasteiger partial charge >= 0.3 is 0 Å². The number of anilines is 1. The van der Waals surface area contributed by atoms with E-state index in [1.807, 2.05) is 17.7 Å². The van der Waals surface area contributed by atoms with Crippen LogP contribution in [0.4, 0.5) is 5.69 Å². The van der Waals surface area contributed by atoms with Gasteiger partial charge in [-0.2, -0.15) is 5.10 Å². The summed E-state index contributed by atoms with van der Waals surface area (Å²) in [5, 5.41) is 4.52. The van der Waals surface area contributed by atoms with Crippen LogP contribution in [0.3, 0.4) is 0 Å². The first-order valence-electron chi connectivity index (χ1n) is 6.66. The lowest BCUT2D eigenvalue weighted by molar-refractivity contribution is 0.506. The van der Waals surface area contributed by atoms with Gasteiger partial charge in [-0.3, -0.25) is 9.48 Å². The molecule has 0 amide bonds. The maximum atomic E-state index is 11.6. The third-order valence-electron chi connectivity index (χ3n) is 3.30. The van der Waals surface area contributed by atoms with Crippen molar-refractivity contribution in [2.45, 2.75) is 39.8 Å². The highest BCUT2D eigenvalue weighted by Gasteiger charge is 2.12. The molecule has 0 radical (unpaired) electrons. The van der Waals surface area contributed by atoms with Crippen LogP contribution in [0.25, 0.3) is 0 Å². The molecule has 0 atom stereocenters. The molecule has 0 fully saturated rings. The lowest BCUT2D eigenvalue weighted by Crippen LogP contribution is -2.21. The summed E-state index contributed by atoms with van der Waals surface area (Å²) in [6.45, 7) is 5.39. The van der Waals surface area contributed by atoms with Crippen LogP contribution in [0.1, 0.15) is 25.2 Å². The van der Waals surface area contributed by atoms with Crippen molar-refractivity contribution >= 4 is 5.69 Å². The zero-order valence-electron chi connectivity index (χ0n) is 11.5. The Bertz CT molecular complexity index is 612. The van der Waals surface area contributed by atoms with E-state index in [4.69, 9.17) is 5.73 Å².